The number of hydrogen-bond acceptors (Lipinski definition) is 5. The minimum Gasteiger partial charge on any atom is -0.482 e. The van der Waals surface area contributed by atoms with E-state index in [1.165, 1.54) is 4.90 Å². The number of ether oxygens (including phenoxy) is 1. The molecule has 8 heteroatoms. The van der Waals surface area contributed by atoms with Crippen molar-refractivity contribution in [3.05, 3.63) is 90.0 Å². The summed E-state index contributed by atoms with van der Waals surface area (Å²) >= 11 is 0. The first kappa shape index (κ1) is 28.5. The molecule has 8 nitrogen and oxygen atoms in total. The van der Waals surface area contributed by atoms with Gasteiger partial charge in [0.2, 0.25) is 5.91 Å². The van der Waals surface area contributed by atoms with Gasteiger partial charge in [-0.1, -0.05) is 69.2 Å². The van der Waals surface area contributed by atoms with Crippen LogP contribution in [0.1, 0.15) is 53.8 Å². The van der Waals surface area contributed by atoms with Crippen LogP contribution in [-0.2, 0) is 9.59 Å². The number of carbonyl (C=O) groups is 4. The van der Waals surface area contributed by atoms with Gasteiger partial charge in [-0.3, -0.25) is 24.1 Å². The Morgan fingerprint density at radius 3 is 2.00 bits per heavy atom. The van der Waals surface area contributed by atoms with Gasteiger partial charge in [-0.05, 0) is 48.7 Å². The van der Waals surface area contributed by atoms with E-state index < -0.39 is 17.7 Å². The number of nitrogens with zero attached hydrogens (tertiary/aromatic N) is 3. The van der Waals surface area contributed by atoms with E-state index in [-0.39, 0.29) is 19.1 Å². The predicted molar refractivity (Wildman–Crippen MR) is 155 cm³/mol. The molecule has 0 bridgehead atoms. The molecule has 0 aromatic heterocycles. The van der Waals surface area contributed by atoms with Gasteiger partial charge in [-0.25, -0.2) is 0 Å². The van der Waals surface area contributed by atoms with Crippen LogP contribution in [0.15, 0.2) is 78.9 Å². The molecule has 4 amide bonds. The average Bonchev–Trinajstić information content (AvgIpc) is 3.23. The Morgan fingerprint density at radius 1 is 0.800 bits per heavy atom. The molecule has 3 aromatic rings. The van der Waals surface area contributed by atoms with Gasteiger partial charge in [0.05, 0.1) is 16.8 Å². The highest BCUT2D eigenvalue weighted by molar-refractivity contribution is 6.22. The van der Waals surface area contributed by atoms with E-state index in [9.17, 15) is 19.2 Å². The Labute approximate surface area is 235 Å². The molecule has 0 radical (unpaired) electrons. The third-order valence-electron chi connectivity index (χ3n) is 7.41. The van der Waals surface area contributed by atoms with Crippen molar-refractivity contribution >= 4 is 35.0 Å². The van der Waals surface area contributed by atoms with Gasteiger partial charge < -0.3 is 14.5 Å². The van der Waals surface area contributed by atoms with Crippen LogP contribution in [0.2, 0.25) is 0 Å². The van der Waals surface area contributed by atoms with E-state index in [1.807, 2.05) is 30.3 Å². The van der Waals surface area contributed by atoms with E-state index in [0.717, 1.165) is 29.8 Å². The number of benzene rings is 3. The molecule has 4 rings (SSSR count). The Morgan fingerprint density at radius 2 is 1.38 bits per heavy atom. The maximum atomic E-state index is 13.8. The molecule has 0 unspecified atom stereocenters. The topological polar surface area (TPSA) is 87.2 Å². The summed E-state index contributed by atoms with van der Waals surface area (Å²) in [6.45, 7) is 4.00. The third-order valence-corrected chi connectivity index (χ3v) is 7.41. The van der Waals surface area contributed by atoms with Crippen LogP contribution in [0.25, 0.3) is 0 Å². The first-order chi connectivity index (χ1) is 19.3. The molecular formula is C32H35N3O5. The van der Waals surface area contributed by atoms with E-state index in [1.54, 1.807) is 60.5 Å². The zero-order chi connectivity index (χ0) is 28.6. The van der Waals surface area contributed by atoms with Crippen LogP contribution in [0.5, 0.6) is 5.75 Å². The number of fused-ring (bicyclic) bond motifs is 1. The van der Waals surface area contributed by atoms with Crippen LogP contribution in [0.4, 0.5) is 11.4 Å². The molecular weight excluding hydrogens is 506 g/mol. The van der Waals surface area contributed by atoms with Crippen molar-refractivity contribution in [3.63, 3.8) is 0 Å². The number of amides is 4. The number of hydrogen-bond donors (Lipinski definition) is 0. The number of carbonyl (C=O) groups excluding carboxylic acids is 4. The third kappa shape index (κ3) is 6.22. The van der Waals surface area contributed by atoms with Gasteiger partial charge >= 0.3 is 0 Å². The minimum absolute atomic E-state index is 0.227. The maximum absolute atomic E-state index is 13.8. The quantitative estimate of drug-likeness (QED) is 0.295. The Bertz CT molecular complexity index is 1330. The maximum Gasteiger partial charge on any atom is 0.264 e. The lowest BCUT2D eigenvalue weighted by Gasteiger charge is -2.28. The average molecular weight is 542 g/mol. The molecule has 0 aliphatic carbocycles. The predicted octanol–water partition coefficient (Wildman–Crippen LogP) is 5.18. The molecule has 3 aromatic carbocycles. The van der Waals surface area contributed by atoms with Gasteiger partial charge in [-0.15, -0.1) is 0 Å². The normalized spacial score (nSPS) is 12.4. The van der Waals surface area contributed by atoms with Crippen LogP contribution >= 0.6 is 0 Å². The summed E-state index contributed by atoms with van der Waals surface area (Å²) in [6, 6.07) is 22.9. The second-order valence-corrected chi connectivity index (χ2v) is 9.80. The molecule has 208 valence electrons. The number of para-hydroxylation sites is 3. The van der Waals surface area contributed by atoms with E-state index >= 15 is 0 Å². The summed E-state index contributed by atoms with van der Waals surface area (Å²) in [5, 5.41) is 0. The zero-order valence-corrected chi connectivity index (χ0v) is 23.2. The molecule has 0 N–H and O–H groups in total. The van der Waals surface area contributed by atoms with E-state index in [0.29, 0.717) is 35.0 Å². The molecule has 0 saturated heterocycles. The van der Waals surface area contributed by atoms with Crippen LogP contribution in [0, 0.1) is 5.92 Å². The SMILES string of the molecule is CCC(CC)CCN(C(=O)CN1C(=O)c2ccccc2C1=O)c1ccccc1OCC(=O)N(C)c1ccccc1. The lowest BCUT2D eigenvalue weighted by molar-refractivity contribution is -0.120. The Balaban J connectivity index is 1.55. The molecule has 40 heavy (non-hydrogen) atoms. The highest BCUT2D eigenvalue weighted by Crippen LogP contribution is 2.31. The lowest BCUT2D eigenvalue weighted by Crippen LogP contribution is -2.43. The summed E-state index contributed by atoms with van der Waals surface area (Å²) in [5.74, 6) is -0.825. The second-order valence-electron chi connectivity index (χ2n) is 9.80. The second kappa shape index (κ2) is 13.1. The van der Waals surface area contributed by atoms with Gasteiger partial charge in [-0.2, -0.15) is 0 Å². The van der Waals surface area contributed by atoms with Crippen molar-refractivity contribution in [2.24, 2.45) is 5.92 Å². The Kier molecular flexibility index (Phi) is 9.32. The first-order valence-corrected chi connectivity index (χ1v) is 13.6. The summed E-state index contributed by atoms with van der Waals surface area (Å²) in [6.07, 6.45) is 2.68. The van der Waals surface area contributed by atoms with Gasteiger partial charge in [0, 0.05) is 19.3 Å². The van der Waals surface area contributed by atoms with Crippen LogP contribution in [0.3, 0.4) is 0 Å². The number of anilines is 2. The monoisotopic (exact) mass is 541 g/mol. The summed E-state index contributed by atoms with van der Waals surface area (Å²) in [4.78, 5) is 56.6. The molecule has 1 heterocycles. The number of rotatable bonds is 12. The van der Waals surface area contributed by atoms with Crippen molar-refractivity contribution in [1.82, 2.24) is 4.90 Å². The van der Waals surface area contributed by atoms with E-state index in [2.05, 4.69) is 13.8 Å². The standard InChI is InChI=1S/C32H35N3O5/c1-4-23(5-2)19-20-34(29(36)21-35-31(38)25-15-9-10-16-26(25)32(35)39)27-17-11-12-18-28(27)40-22-30(37)33(3)24-13-7-6-8-14-24/h6-18,23H,4-5,19-22H2,1-3H3. The van der Waals surface area contributed by atoms with Crippen LogP contribution < -0.4 is 14.5 Å². The number of likely N-dealkylation sites (N-methyl/N-ethyl adjacent to an activating group) is 1. The molecule has 1 aliphatic rings. The molecule has 0 spiro atoms. The highest BCUT2D eigenvalue weighted by atomic mass is 16.5. The summed E-state index contributed by atoms with van der Waals surface area (Å²) < 4.78 is 5.96. The van der Waals surface area contributed by atoms with Crippen molar-refractivity contribution in [2.45, 2.75) is 33.1 Å². The van der Waals surface area contributed by atoms with E-state index in [4.69, 9.17) is 4.74 Å². The largest absolute Gasteiger partial charge is 0.482 e. The van der Waals surface area contributed by atoms with Crippen molar-refractivity contribution in [2.75, 3.05) is 36.5 Å². The zero-order valence-electron chi connectivity index (χ0n) is 23.2. The molecule has 0 saturated carbocycles. The molecule has 0 fully saturated rings. The fourth-order valence-corrected chi connectivity index (χ4v) is 4.83. The van der Waals surface area contributed by atoms with Gasteiger partial charge in [0.1, 0.15) is 12.3 Å². The first-order valence-electron chi connectivity index (χ1n) is 13.6. The summed E-state index contributed by atoms with van der Waals surface area (Å²) in [5.41, 5.74) is 1.83. The van der Waals surface area contributed by atoms with Gasteiger partial charge in [0.15, 0.2) is 6.61 Å². The van der Waals surface area contributed by atoms with Crippen molar-refractivity contribution < 1.29 is 23.9 Å². The smallest absolute Gasteiger partial charge is 0.264 e. The van der Waals surface area contributed by atoms with Crippen molar-refractivity contribution in [3.8, 4) is 5.75 Å². The molecule has 1 aliphatic heterocycles. The fraction of sp³-hybridized carbons (Fsp3) is 0.312. The van der Waals surface area contributed by atoms with Crippen LogP contribution in [-0.4, -0.2) is 55.3 Å². The summed E-state index contributed by atoms with van der Waals surface area (Å²) in [7, 11) is 1.68. The lowest BCUT2D eigenvalue weighted by atomic mass is 9.99. The fourth-order valence-electron chi connectivity index (χ4n) is 4.83. The highest BCUT2D eigenvalue weighted by Gasteiger charge is 2.37. The van der Waals surface area contributed by atoms with Gasteiger partial charge in [0.25, 0.3) is 17.7 Å². The molecule has 0 atom stereocenters. The number of imide groups is 1. The Hall–Kier alpha value is -4.46. The minimum atomic E-state index is -0.479. The van der Waals surface area contributed by atoms with Crippen molar-refractivity contribution in [1.29, 1.82) is 0 Å².